The monoisotopic (exact) mass is 496 g/mol. The first-order chi connectivity index (χ1) is 17.0. The minimum Gasteiger partial charge on any atom is -0.480 e. The van der Waals surface area contributed by atoms with Crippen LogP contribution in [0.25, 0.3) is 11.1 Å². The van der Waals surface area contributed by atoms with E-state index in [1.165, 1.54) is 11.1 Å². The van der Waals surface area contributed by atoms with E-state index in [-0.39, 0.29) is 30.4 Å². The summed E-state index contributed by atoms with van der Waals surface area (Å²) in [6.45, 7) is 0.242. The predicted molar refractivity (Wildman–Crippen MR) is 137 cm³/mol. The van der Waals surface area contributed by atoms with Crippen molar-refractivity contribution in [3.63, 3.8) is 0 Å². The van der Waals surface area contributed by atoms with Gasteiger partial charge in [0.2, 0.25) is 5.91 Å². The van der Waals surface area contributed by atoms with Crippen LogP contribution in [0.5, 0.6) is 0 Å². The number of carboxylic acid groups (broad SMARTS) is 1. The Balaban J connectivity index is 1.30. The van der Waals surface area contributed by atoms with Crippen LogP contribution in [0.1, 0.15) is 49.1 Å². The molecule has 0 aromatic heterocycles. The van der Waals surface area contributed by atoms with Crippen LogP contribution in [0, 0.1) is 5.92 Å². The Morgan fingerprint density at radius 1 is 1.06 bits per heavy atom. The van der Waals surface area contributed by atoms with E-state index in [1.54, 1.807) is 11.8 Å². The van der Waals surface area contributed by atoms with Gasteiger partial charge in [0, 0.05) is 17.9 Å². The normalized spacial score (nSPS) is 19.8. The van der Waals surface area contributed by atoms with Crippen LogP contribution in [0.15, 0.2) is 48.5 Å². The smallest absolute Gasteiger partial charge is 0.407 e. The molecule has 35 heavy (non-hydrogen) atoms. The number of ether oxygens (including phenoxy) is 1. The van der Waals surface area contributed by atoms with Gasteiger partial charge in [-0.15, -0.1) is 0 Å². The molecule has 186 valence electrons. The SMILES string of the molecule is CSCCC(NC(=O)[C@@H]1CCC[C@@H](NC(=O)OCC2c3ccccc3-c3ccccc32)C1)C(=O)O. The summed E-state index contributed by atoms with van der Waals surface area (Å²) < 4.78 is 5.65. The van der Waals surface area contributed by atoms with Crippen molar-refractivity contribution in [2.75, 3.05) is 18.6 Å². The molecule has 1 saturated carbocycles. The van der Waals surface area contributed by atoms with Crippen LogP contribution in [0.2, 0.25) is 0 Å². The lowest BCUT2D eigenvalue weighted by molar-refractivity contribution is -0.142. The maximum absolute atomic E-state index is 12.7. The van der Waals surface area contributed by atoms with Crippen molar-refractivity contribution in [1.29, 1.82) is 0 Å². The molecule has 2 aliphatic rings. The lowest BCUT2D eigenvalue weighted by atomic mass is 9.85. The zero-order valence-electron chi connectivity index (χ0n) is 19.9. The molecule has 0 bridgehead atoms. The first-order valence-corrected chi connectivity index (χ1v) is 13.5. The molecular formula is C27H32N2O5S. The first kappa shape index (κ1) is 25.1. The number of alkyl carbamates (subject to hydrolysis) is 1. The maximum atomic E-state index is 12.7. The van der Waals surface area contributed by atoms with Crippen LogP contribution in [0.4, 0.5) is 4.79 Å². The van der Waals surface area contributed by atoms with Gasteiger partial charge in [-0.2, -0.15) is 11.8 Å². The second kappa shape index (κ2) is 11.6. The van der Waals surface area contributed by atoms with E-state index in [0.717, 1.165) is 24.0 Å². The lowest BCUT2D eigenvalue weighted by Gasteiger charge is -2.29. The van der Waals surface area contributed by atoms with E-state index in [9.17, 15) is 19.5 Å². The molecule has 4 rings (SSSR count). The van der Waals surface area contributed by atoms with Gasteiger partial charge in [-0.1, -0.05) is 55.0 Å². The average molecular weight is 497 g/mol. The number of aliphatic carboxylic acids is 1. The summed E-state index contributed by atoms with van der Waals surface area (Å²) in [5.74, 6) is -0.937. The Morgan fingerprint density at radius 2 is 1.71 bits per heavy atom. The number of carboxylic acids is 1. The molecule has 8 heteroatoms. The molecule has 2 aliphatic carbocycles. The molecule has 0 spiro atoms. The number of hydrogen-bond acceptors (Lipinski definition) is 5. The van der Waals surface area contributed by atoms with Gasteiger partial charge in [-0.05, 0) is 59.9 Å². The van der Waals surface area contributed by atoms with E-state index in [2.05, 4.69) is 34.9 Å². The maximum Gasteiger partial charge on any atom is 0.407 e. The molecule has 1 fully saturated rings. The number of carbonyl (C=O) groups is 3. The highest BCUT2D eigenvalue weighted by Gasteiger charge is 2.32. The van der Waals surface area contributed by atoms with Crippen molar-refractivity contribution in [3.05, 3.63) is 59.7 Å². The molecule has 2 amide bonds. The molecule has 1 unspecified atom stereocenters. The Hall–Kier alpha value is -3.00. The van der Waals surface area contributed by atoms with Crippen LogP contribution >= 0.6 is 11.8 Å². The quantitative estimate of drug-likeness (QED) is 0.475. The van der Waals surface area contributed by atoms with Gasteiger partial charge in [0.25, 0.3) is 0 Å². The molecule has 2 aromatic carbocycles. The van der Waals surface area contributed by atoms with Gasteiger partial charge < -0.3 is 20.5 Å². The van der Waals surface area contributed by atoms with Crippen LogP contribution in [-0.2, 0) is 14.3 Å². The highest BCUT2D eigenvalue weighted by Crippen LogP contribution is 2.44. The van der Waals surface area contributed by atoms with Crippen molar-refractivity contribution in [2.24, 2.45) is 5.92 Å². The third-order valence-electron chi connectivity index (χ3n) is 6.94. The molecule has 7 nitrogen and oxygen atoms in total. The molecule has 3 atom stereocenters. The van der Waals surface area contributed by atoms with Gasteiger partial charge in [0.05, 0.1) is 0 Å². The third-order valence-corrected chi connectivity index (χ3v) is 7.58. The zero-order valence-corrected chi connectivity index (χ0v) is 20.7. The Morgan fingerprint density at radius 3 is 2.34 bits per heavy atom. The summed E-state index contributed by atoms with van der Waals surface area (Å²) in [4.78, 5) is 36.8. The van der Waals surface area contributed by atoms with E-state index in [1.807, 2.05) is 30.5 Å². The molecule has 0 saturated heterocycles. The van der Waals surface area contributed by atoms with Crippen LogP contribution in [0.3, 0.4) is 0 Å². The van der Waals surface area contributed by atoms with Gasteiger partial charge in [-0.3, -0.25) is 4.79 Å². The van der Waals surface area contributed by atoms with Crippen molar-refractivity contribution in [2.45, 2.75) is 50.1 Å². The van der Waals surface area contributed by atoms with Crippen molar-refractivity contribution < 1.29 is 24.2 Å². The van der Waals surface area contributed by atoms with Crippen molar-refractivity contribution in [3.8, 4) is 11.1 Å². The number of fused-ring (bicyclic) bond motifs is 3. The first-order valence-electron chi connectivity index (χ1n) is 12.1. The van der Waals surface area contributed by atoms with E-state index in [0.29, 0.717) is 25.0 Å². The summed E-state index contributed by atoms with van der Waals surface area (Å²) in [6, 6.07) is 15.3. The molecule has 2 aromatic rings. The Bertz CT molecular complexity index is 1030. The second-order valence-corrected chi connectivity index (χ2v) is 10.2. The molecule has 3 N–H and O–H groups in total. The number of thioether (sulfide) groups is 1. The fourth-order valence-electron chi connectivity index (χ4n) is 5.15. The highest BCUT2D eigenvalue weighted by atomic mass is 32.2. The molecule has 0 aliphatic heterocycles. The minimum atomic E-state index is -1.02. The summed E-state index contributed by atoms with van der Waals surface area (Å²) in [5, 5.41) is 15.0. The number of hydrogen-bond donors (Lipinski definition) is 3. The predicted octanol–water partition coefficient (Wildman–Crippen LogP) is 4.41. The third kappa shape index (κ3) is 5.99. The van der Waals surface area contributed by atoms with Gasteiger partial charge >= 0.3 is 12.1 Å². The van der Waals surface area contributed by atoms with Gasteiger partial charge in [0.1, 0.15) is 12.6 Å². The lowest BCUT2D eigenvalue weighted by Crippen LogP contribution is -2.47. The number of rotatable bonds is 9. The second-order valence-electron chi connectivity index (χ2n) is 9.21. The summed E-state index contributed by atoms with van der Waals surface area (Å²) >= 11 is 1.55. The highest BCUT2D eigenvalue weighted by molar-refractivity contribution is 7.98. The summed E-state index contributed by atoms with van der Waals surface area (Å²) in [5.41, 5.74) is 4.67. The van der Waals surface area contributed by atoms with E-state index >= 15 is 0 Å². The Kier molecular flexibility index (Phi) is 8.33. The molecule has 0 heterocycles. The number of nitrogens with one attached hydrogen (secondary N) is 2. The van der Waals surface area contributed by atoms with Crippen LogP contribution < -0.4 is 10.6 Å². The minimum absolute atomic E-state index is 0.00716. The molecule has 0 radical (unpaired) electrons. The standard InChI is InChI=1S/C27H32N2O5S/c1-35-14-13-24(26(31)32)29-25(30)17-7-6-8-18(15-17)28-27(33)34-16-23-21-11-4-2-9-19(21)20-10-3-5-12-22(20)23/h2-5,9-12,17-18,23-24H,6-8,13-16H2,1H3,(H,28,33)(H,29,30)(H,31,32)/t17-,18-,24?/m1/s1. The van der Waals surface area contributed by atoms with Gasteiger partial charge in [0.15, 0.2) is 0 Å². The number of amides is 2. The topological polar surface area (TPSA) is 105 Å². The largest absolute Gasteiger partial charge is 0.480 e. The van der Waals surface area contributed by atoms with E-state index in [4.69, 9.17) is 4.74 Å². The fraction of sp³-hybridized carbons (Fsp3) is 0.444. The van der Waals surface area contributed by atoms with Gasteiger partial charge in [-0.25, -0.2) is 9.59 Å². The average Bonchev–Trinajstić information content (AvgIpc) is 3.19. The number of carbonyl (C=O) groups excluding carboxylic acids is 2. The van der Waals surface area contributed by atoms with E-state index < -0.39 is 18.1 Å². The fourth-order valence-corrected chi connectivity index (χ4v) is 5.62. The van der Waals surface area contributed by atoms with Crippen molar-refractivity contribution in [1.82, 2.24) is 10.6 Å². The van der Waals surface area contributed by atoms with Crippen LogP contribution in [-0.4, -0.2) is 53.8 Å². The Labute approximate surface area is 210 Å². The summed E-state index contributed by atoms with van der Waals surface area (Å²) in [7, 11) is 0. The number of benzene rings is 2. The van der Waals surface area contributed by atoms with Crippen molar-refractivity contribution >= 4 is 29.7 Å². The summed E-state index contributed by atoms with van der Waals surface area (Å²) in [6.07, 6.45) is 4.52. The molecular weight excluding hydrogens is 464 g/mol. The zero-order chi connectivity index (χ0) is 24.8.